The molecule has 0 bridgehead atoms. The van der Waals surface area contributed by atoms with Crippen LogP contribution in [0.3, 0.4) is 0 Å². The molecule has 0 amide bonds. The summed E-state index contributed by atoms with van der Waals surface area (Å²) in [4.78, 5) is 11.3. The zero-order valence-electron chi connectivity index (χ0n) is 13.9. The van der Waals surface area contributed by atoms with Crippen LogP contribution in [0.15, 0.2) is 30.7 Å². The second-order valence-corrected chi connectivity index (χ2v) is 6.91. The van der Waals surface area contributed by atoms with E-state index in [9.17, 15) is 0 Å². The summed E-state index contributed by atoms with van der Waals surface area (Å²) in [7, 11) is 0. The van der Waals surface area contributed by atoms with Crippen LogP contribution in [0.4, 0.5) is 11.6 Å². The van der Waals surface area contributed by atoms with Crippen molar-refractivity contribution in [1.82, 2.24) is 29.8 Å². The van der Waals surface area contributed by atoms with Crippen LogP contribution >= 0.6 is 0 Å². The van der Waals surface area contributed by atoms with Gasteiger partial charge in [-0.2, -0.15) is 4.52 Å². The maximum absolute atomic E-state index is 4.67. The standard InChI is InChI=1S/C17H20N8/c1-2-13(3-1)17-18-7-6-14(21-17)19-8-12-9-24(10-12)16-5-4-15-22-20-11-25(15)23-16/h4-7,11-13H,1-3,8-10H2,(H,18,19,21). The highest BCUT2D eigenvalue weighted by Crippen LogP contribution is 2.34. The van der Waals surface area contributed by atoms with E-state index in [0.29, 0.717) is 11.8 Å². The molecule has 25 heavy (non-hydrogen) atoms. The first-order valence-electron chi connectivity index (χ1n) is 8.84. The maximum atomic E-state index is 4.67. The van der Waals surface area contributed by atoms with E-state index in [4.69, 9.17) is 0 Å². The highest BCUT2D eigenvalue weighted by Gasteiger charge is 2.28. The summed E-state index contributed by atoms with van der Waals surface area (Å²) in [6.45, 7) is 2.91. The van der Waals surface area contributed by atoms with Gasteiger partial charge in [0.1, 0.15) is 23.8 Å². The number of aromatic nitrogens is 6. The Labute approximate surface area is 145 Å². The van der Waals surface area contributed by atoms with Crippen molar-refractivity contribution in [3.8, 4) is 0 Å². The van der Waals surface area contributed by atoms with Crippen molar-refractivity contribution in [3.63, 3.8) is 0 Å². The van der Waals surface area contributed by atoms with E-state index >= 15 is 0 Å². The van der Waals surface area contributed by atoms with E-state index in [1.54, 1.807) is 10.8 Å². The van der Waals surface area contributed by atoms with Crippen molar-refractivity contribution in [2.75, 3.05) is 29.9 Å². The molecule has 0 aromatic carbocycles. The van der Waals surface area contributed by atoms with Gasteiger partial charge in [0.25, 0.3) is 0 Å². The predicted octanol–water partition coefficient (Wildman–Crippen LogP) is 1.73. The summed E-state index contributed by atoms with van der Waals surface area (Å²) in [5.74, 6) is 4.08. The molecule has 1 aliphatic heterocycles. The average molecular weight is 336 g/mol. The molecule has 1 saturated heterocycles. The molecule has 1 aliphatic carbocycles. The first kappa shape index (κ1) is 14.6. The Morgan fingerprint density at radius 2 is 2.08 bits per heavy atom. The summed E-state index contributed by atoms with van der Waals surface area (Å²) in [6, 6.07) is 5.91. The van der Waals surface area contributed by atoms with E-state index in [2.05, 4.69) is 35.5 Å². The van der Waals surface area contributed by atoms with Gasteiger partial charge in [-0.25, -0.2) is 9.97 Å². The summed E-state index contributed by atoms with van der Waals surface area (Å²) >= 11 is 0. The van der Waals surface area contributed by atoms with Gasteiger partial charge in [-0.3, -0.25) is 0 Å². The number of fused-ring (bicyclic) bond motifs is 1. The van der Waals surface area contributed by atoms with Crippen molar-refractivity contribution in [2.45, 2.75) is 25.2 Å². The van der Waals surface area contributed by atoms with Crippen molar-refractivity contribution in [2.24, 2.45) is 5.92 Å². The Balaban J connectivity index is 1.16. The Hall–Kier alpha value is -2.77. The largest absolute Gasteiger partial charge is 0.370 e. The Bertz CT molecular complexity index is 881. The first-order valence-corrected chi connectivity index (χ1v) is 8.84. The van der Waals surface area contributed by atoms with Gasteiger partial charge < -0.3 is 10.2 Å². The number of nitrogens with zero attached hydrogens (tertiary/aromatic N) is 7. The van der Waals surface area contributed by atoms with E-state index in [1.807, 2.05) is 24.4 Å². The number of anilines is 2. The Morgan fingerprint density at radius 3 is 2.92 bits per heavy atom. The molecule has 2 aliphatic rings. The lowest BCUT2D eigenvalue weighted by atomic mass is 9.85. The topological polar surface area (TPSA) is 84.1 Å². The fourth-order valence-corrected chi connectivity index (χ4v) is 3.36. The molecule has 1 N–H and O–H groups in total. The molecular weight excluding hydrogens is 316 g/mol. The van der Waals surface area contributed by atoms with Crippen LogP contribution in [0.2, 0.25) is 0 Å². The van der Waals surface area contributed by atoms with Gasteiger partial charge in [0.2, 0.25) is 0 Å². The van der Waals surface area contributed by atoms with Crippen LogP contribution in [0.5, 0.6) is 0 Å². The zero-order chi connectivity index (χ0) is 16.6. The molecule has 2 fully saturated rings. The second kappa shape index (κ2) is 5.94. The molecule has 0 radical (unpaired) electrons. The molecule has 5 rings (SSSR count). The van der Waals surface area contributed by atoms with Crippen LogP contribution in [0.1, 0.15) is 31.0 Å². The summed E-state index contributed by atoms with van der Waals surface area (Å²) in [6.07, 6.45) is 7.26. The summed E-state index contributed by atoms with van der Waals surface area (Å²) < 4.78 is 1.71. The number of hydrogen-bond donors (Lipinski definition) is 1. The third kappa shape index (κ3) is 2.77. The third-order valence-corrected chi connectivity index (χ3v) is 5.15. The SMILES string of the molecule is c1cc(NCC2CN(c3ccc4nncn4n3)C2)nc(C2CCC2)n1. The van der Waals surface area contributed by atoms with Crippen molar-refractivity contribution in [3.05, 3.63) is 36.5 Å². The Kier molecular flexibility index (Phi) is 3.46. The highest BCUT2D eigenvalue weighted by molar-refractivity contribution is 5.47. The third-order valence-electron chi connectivity index (χ3n) is 5.15. The van der Waals surface area contributed by atoms with Crippen molar-refractivity contribution < 1.29 is 0 Å². The predicted molar refractivity (Wildman–Crippen MR) is 93.6 cm³/mol. The van der Waals surface area contributed by atoms with E-state index in [0.717, 1.165) is 42.7 Å². The minimum Gasteiger partial charge on any atom is -0.370 e. The van der Waals surface area contributed by atoms with Gasteiger partial charge in [0.05, 0.1) is 0 Å². The number of nitrogens with one attached hydrogen (secondary N) is 1. The molecule has 128 valence electrons. The number of hydrogen-bond acceptors (Lipinski definition) is 7. The fourth-order valence-electron chi connectivity index (χ4n) is 3.36. The average Bonchev–Trinajstić information content (AvgIpc) is 3.00. The van der Waals surface area contributed by atoms with Gasteiger partial charge in [0, 0.05) is 37.7 Å². The molecule has 3 aromatic heterocycles. The molecular formula is C17H20N8. The van der Waals surface area contributed by atoms with E-state index in [1.165, 1.54) is 19.3 Å². The van der Waals surface area contributed by atoms with Crippen molar-refractivity contribution in [1.29, 1.82) is 0 Å². The van der Waals surface area contributed by atoms with Gasteiger partial charge in [0.15, 0.2) is 5.65 Å². The molecule has 8 heteroatoms. The molecule has 0 atom stereocenters. The molecule has 3 aromatic rings. The number of rotatable bonds is 5. The molecule has 8 nitrogen and oxygen atoms in total. The smallest absolute Gasteiger partial charge is 0.177 e. The van der Waals surface area contributed by atoms with Crippen LogP contribution < -0.4 is 10.2 Å². The summed E-state index contributed by atoms with van der Waals surface area (Å²) in [5, 5.41) is 15.8. The van der Waals surface area contributed by atoms with Gasteiger partial charge in [-0.05, 0) is 31.0 Å². The quantitative estimate of drug-likeness (QED) is 0.759. The van der Waals surface area contributed by atoms with Crippen LogP contribution in [0, 0.1) is 5.92 Å². The van der Waals surface area contributed by atoms with Crippen molar-refractivity contribution >= 4 is 17.3 Å². The molecule has 0 unspecified atom stereocenters. The maximum Gasteiger partial charge on any atom is 0.177 e. The molecule has 4 heterocycles. The molecule has 1 saturated carbocycles. The lowest BCUT2D eigenvalue weighted by Crippen LogP contribution is -2.50. The van der Waals surface area contributed by atoms with Crippen LogP contribution in [-0.4, -0.2) is 49.4 Å². The van der Waals surface area contributed by atoms with Crippen LogP contribution in [0.25, 0.3) is 5.65 Å². The first-order chi connectivity index (χ1) is 12.3. The fraction of sp³-hybridized carbons (Fsp3) is 0.471. The minimum atomic E-state index is 0.569. The van der Waals surface area contributed by atoms with Gasteiger partial charge in [-0.15, -0.1) is 15.3 Å². The lowest BCUT2D eigenvalue weighted by molar-refractivity contribution is 0.401. The van der Waals surface area contributed by atoms with E-state index in [-0.39, 0.29) is 0 Å². The normalized spacial score (nSPS) is 18.2. The van der Waals surface area contributed by atoms with Crippen LogP contribution in [-0.2, 0) is 0 Å². The minimum absolute atomic E-state index is 0.569. The molecule has 0 spiro atoms. The van der Waals surface area contributed by atoms with E-state index < -0.39 is 0 Å². The van der Waals surface area contributed by atoms with Gasteiger partial charge in [-0.1, -0.05) is 6.42 Å². The summed E-state index contributed by atoms with van der Waals surface area (Å²) in [5.41, 5.74) is 0.772. The second-order valence-electron chi connectivity index (χ2n) is 6.91. The Morgan fingerprint density at radius 1 is 1.16 bits per heavy atom. The van der Waals surface area contributed by atoms with Gasteiger partial charge >= 0.3 is 0 Å². The monoisotopic (exact) mass is 336 g/mol. The lowest BCUT2D eigenvalue weighted by Gasteiger charge is -2.40. The zero-order valence-corrected chi connectivity index (χ0v) is 13.9. The highest BCUT2D eigenvalue weighted by atomic mass is 15.4.